The van der Waals surface area contributed by atoms with Crippen LogP contribution in [0.15, 0.2) is 102 Å². The number of rotatable bonds is 9. The van der Waals surface area contributed by atoms with Crippen LogP contribution in [-0.2, 0) is 27.8 Å². The Morgan fingerprint density at radius 1 is 0.895 bits per heavy atom. The van der Waals surface area contributed by atoms with Crippen LogP contribution in [0.5, 0.6) is 11.5 Å². The molecule has 8 heteroatoms. The second kappa shape index (κ2) is 11.0. The molecule has 0 bridgehead atoms. The molecule has 194 valence electrons. The molecule has 1 amide bonds. The molecule has 0 unspecified atom stereocenters. The number of hydrogen-bond acceptors (Lipinski definition) is 5. The third-order valence-corrected chi connectivity index (χ3v) is 8.13. The zero-order valence-electron chi connectivity index (χ0n) is 21.0. The molecule has 38 heavy (non-hydrogen) atoms. The van der Waals surface area contributed by atoms with E-state index in [9.17, 15) is 13.2 Å². The monoisotopic (exact) mass is 528 g/mol. The largest absolute Gasteiger partial charge is 0.489 e. The summed E-state index contributed by atoms with van der Waals surface area (Å²) in [4.78, 5) is 12.6. The van der Waals surface area contributed by atoms with Crippen LogP contribution in [-0.4, -0.2) is 27.5 Å². The van der Waals surface area contributed by atoms with Gasteiger partial charge in [-0.3, -0.25) is 9.10 Å². The van der Waals surface area contributed by atoms with Crippen LogP contribution >= 0.6 is 0 Å². The van der Waals surface area contributed by atoms with Crippen LogP contribution in [0.4, 0.5) is 11.4 Å². The molecule has 0 radical (unpaired) electrons. The Morgan fingerprint density at radius 2 is 1.63 bits per heavy atom. The molecule has 1 heterocycles. The molecule has 1 aliphatic heterocycles. The molecule has 0 aromatic heterocycles. The lowest BCUT2D eigenvalue weighted by Gasteiger charge is -2.20. The number of fused-ring (bicyclic) bond motifs is 1. The quantitative estimate of drug-likeness (QED) is 0.317. The first-order chi connectivity index (χ1) is 18.4. The van der Waals surface area contributed by atoms with E-state index in [1.165, 1.54) is 10.4 Å². The van der Waals surface area contributed by atoms with E-state index >= 15 is 0 Å². The Balaban J connectivity index is 1.15. The van der Waals surface area contributed by atoms with Gasteiger partial charge in [-0.25, -0.2) is 8.42 Å². The van der Waals surface area contributed by atoms with Gasteiger partial charge in [0.25, 0.3) is 15.9 Å². The molecule has 1 N–H and O–H groups in total. The molecule has 4 aromatic carbocycles. The van der Waals surface area contributed by atoms with E-state index in [0.29, 0.717) is 42.3 Å². The fraction of sp³-hybridized carbons (Fsp3) is 0.167. The second-order valence-electron chi connectivity index (χ2n) is 9.02. The molecule has 0 spiro atoms. The zero-order chi connectivity index (χ0) is 26.5. The smallest absolute Gasteiger partial charge is 0.264 e. The van der Waals surface area contributed by atoms with Gasteiger partial charge < -0.3 is 14.8 Å². The predicted octanol–water partition coefficient (Wildman–Crippen LogP) is 5.34. The van der Waals surface area contributed by atoms with E-state index in [2.05, 4.69) is 5.32 Å². The van der Waals surface area contributed by atoms with Gasteiger partial charge in [0.2, 0.25) is 0 Å². The number of ether oxygens (including phenoxy) is 2. The highest BCUT2D eigenvalue weighted by Gasteiger charge is 2.30. The summed E-state index contributed by atoms with van der Waals surface area (Å²) >= 11 is 0. The molecule has 7 nitrogen and oxygen atoms in total. The minimum Gasteiger partial charge on any atom is -0.489 e. The summed E-state index contributed by atoms with van der Waals surface area (Å²) in [5, 5.41) is 2.79. The van der Waals surface area contributed by atoms with Gasteiger partial charge in [0.15, 0.2) is 6.61 Å². The minimum atomic E-state index is -3.70. The van der Waals surface area contributed by atoms with E-state index in [4.69, 9.17) is 9.47 Å². The molecular weight excluding hydrogens is 500 g/mol. The molecule has 5 rings (SSSR count). The van der Waals surface area contributed by atoms with Gasteiger partial charge in [0, 0.05) is 12.2 Å². The van der Waals surface area contributed by atoms with Gasteiger partial charge >= 0.3 is 0 Å². The highest BCUT2D eigenvalue weighted by atomic mass is 32.2. The van der Waals surface area contributed by atoms with Crippen molar-refractivity contribution < 1.29 is 22.7 Å². The molecule has 0 saturated heterocycles. The van der Waals surface area contributed by atoms with E-state index in [0.717, 1.165) is 16.8 Å². The molecule has 0 saturated carbocycles. The maximum absolute atomic E-state index is 13.3. The number of carbonyl (C=O) groups is 1. The molecular formula is C30H28N2O5S. The molecule has 0 aliphatic carbocycles. The van der Waals surface area contributed by atoms with Crippen molar-refractivity contribution in [3.63, 3.8) is 0 Å². The van der Waals surface area contributed by atoms with Crippen molar-refractivity contribution >= 4 is 27.3 Å². The van der Waals surface area contributed by atoms with Gasteiger partial charge in [0.1, 0.15) is 18.1 Å². The van der Waals surface area contributed by atoms with E-state index < -0.39 is 10.0 Å². The molecule has 4 aromatic rings. The summed E-state index contributed by atoms with van der Waals surface area (Å²) in [5.74, 6) is 0.824. The van der Waals surface area contributed by atoms with Crippen LogP contribution in [0, 0.1) is 6.92 Å². The van der Waals surface area contributed by atoms with E-state index in [1.807, 2.05) is 54.6 Å². The summed E-state index contributed by atoms with van der Waals surface area (Å²) in [6.07, 6.45) is 0.689. The van der Waals surface area contributed by atoms with Crippen LogP contribution < -0.4 is 19.1 Å². The third-order valence-electron chi connectivity index (χ3n) is 6.32. The number of nitrogens with zero attached hydrogens (tertiary/aromatic N) is 1. The van der Waals surface area contributed by atoms with Crippen LogP contribution in [0.3, 0.4) is 0 Å². The summed E-state index contributed by atoms with van der Waals surface area (Å²) in [6.45, 7) is 2.43. The first-order valence-corrected chi connectivity index (χ1v) is 13.7. The predicted molar refractivity (Wildman–Crippen MR) is 147 cm³/mol. The van der Waals surface area contributed by atoms with Crippen LogP contribution in [0.1, 0.15) is 16.7 Å². The lowest BCUT2D eigenvalue weighted by Crippen LogP contribution is -2.29. The summed E-state index contributed by atoms with van der Waals surface area (Å²) < 4.78 is 39.5. The SMILES string of the molecule is Cc1cc(S(=O)(=O)N2CCc3ccccc32)ccc1OCC(=O)Nc1ccc(OCc2ccccc2)cc1. The van der Waals surface area contributed by atoms with Crippen molar-refractivity contribution in [2.45, 2.75) is 24.8 Å². The average Bonchev–Trinajstić information content (AvgIpc) is 3.38. The first-order valence-electron chi connectivity index (χ1n) is 12.3. The maximum atomic E-state index is 13.3. The number of para-hydroxylation sites is 1. The normalized spacial score (nSPS) is 12.6. The van der Waals surface area contributed by atoms with Crippen molar-refractivity contribution in [1.29, 1.82) is 0 Å². The van der Waals surface area contributed by atoms with Crippen molar-refractivity contribution in [2.75, 3.05) is 22.8 Å². The maximum Gasteiger partial charge on any atom is 0.264 e. The van der Waals surface area contributed by atoms with Crippen molar-refractivity contribution in [3.8, 4) is 11.5 Å². The number of carbonyl (C=O) groups excluding carboxylic acids is 1. The number of sulfonamides is 1. The Bertz CT molecular complexity index is 1540. The first kappa shape index (κ1) is 25.4. The lowest BCUT2D eigenvalue weighted by atomic mass is 10.2. The Morgan fingerprint density at radius 3 is 2.39 bits per heavy atom. The number of aryl methyl sites for hydroxylation is 1. The topological polar surface area (TPSA) is 84.9 Å². The van der Waals surface area contributed by atoms with Crippen LogP contribution in [0.25, 0.3) is 0 Å². The number of hydrogen-bond donors (Lipinski definition) is 1. The number of amides is 1. The van der Waals surface area contributed by atoms with Gasteiger partial charge in [0.05, 0.1) is 10.6 Å². The fourth-order valence-electron chi connectivity index (χ4n) is 4.34. The van der Waals surface area contributed by atoms with Crippen molar-refractivity contribution in [2.24, 2.45) is 0 Å². The van der Waals surface area contributed by atoms with Gasteiger partial charge in [-0.1, -0.05) is 48.5 Å². The third kappa shape index (κ3) is 5.65. The number of anilines is 2. The summed E-state index contributed by atoms with van der Waals surface area (Å²) in [6, 6.07) is 29.2. The molecule has 0 fully saturated rings. The average molecular weight is 529 g/mol. The second-order valence-corrected chi connectivity index (χ2v) is 10.9. The minimum absolute atomic E-state index is 0.193. The Hall–Kier alpha value is -4.30. The Kier molecular flexibility index (Phi) is 7.33. The summed E-state index contributed by atoms with van der Waals surface area (Å²) in [7, 11) is -3.70. The highest BCUT2D eigenvalue weighted by molar-refractivity contribution is 7.92. The standard InChI is InChI=1S/C30H28N2O5S/c1-22-19-27(38(34,35)32-18-17-24-9-5-6-10-28(24)32)15-16-29(22)37-21-30(33)31-25-11-13-26(14-12-25)36-20-23-7-3-2-4-8-23/h2-16,19H,17-18,20-21H2,1H3,(H,31,33). The van der Waals surface area contributed by atoms with E-state index in [1.54, 1.807) is 43.3 Å². The van der Waals surface area contributed by atoms with Crippen molar-refractivity contribution in [3.05, 3.63) is 114 Å². The van der Waals surface area contributed by atoms with Gasteiger partial charge in [-0.15, -0.1) is 0 Å². The lowest BCUT2D eigenvalue weighted by molar-refractivity contribution is -0.118. The fourth-order valence-corrected chi connectivity index (χ4v) is 5.93. The van der Waals surface area contributed by atoms with Gasteiger partial charge in [-0.2, -0.15) is 0 Å². The number of benzene rings is 4. The summed E-state index contributed by atoms with van der Waals surface area (Å²) in [5.41, 5.74) is 4.07. The molecule has 1 aliphatic rings. The van der Waals surface area contributed by atoms with Crippen molar-refractivity contribution in [1.82, 2.24) is 0 Å². The number of nitrogens with one attached hydrogen (secondary N) is 1. The zero-order valence-corrected chi connectivity index (χ0v) is 21.8. The highest BCUT2D eigenvalue weighted by Crippen LogP contribution is 2.33. The van der Waals surface area contributed by atoms with Crippen LogP contribution in [0.2, 0.25) is 0 Å². The molecule has 0 atom stereocenters. The Labute approximate surface area is 222 Å². The van der Waals surface area contributed by atoms with E-state index in [-0.39, 0.29) is 17.4 Å². The van der Waals surface area contributed by atoms with Gasteiger partial charge in [-0.05, 0) is 78.6 Å².